The summed E-state index contributed by atoms with van der Waals surface area (Å²) in [6.45, 7) is 7.70. The van der Waals surface area contributed by atoms with Gasteiger partial charge in [0.05, 0.1) is 5.69 Å². The van der Waals surface area contributed by atoms with Crippen LogP contribution in [-0.4, -0.2) is 9.94 Å². The molecule has 1 aromatic rings. The van der Waals surface area contributed by atoms with Crippen LogP contribution in [0.4, 0.5) is 0 Å². The highest BCUT2D eigenvalue weighted by Gasteiger charge is 2.19. The normalized spacial score (nSPS) is 11.7. The molecule has 1 rings (SSSR count). The van der Waals surface area contributed by atoms with Crippen LogP contribution in [0.25, 0.3) is 0 Å². The van der Waals surface area contributed by atoms with Gasteiger partial charge in [-0.15, -0.1) is 0 Å². The lowest BCUT2D eigenvalue weighted by Crippen LogP contribution is -2.27. The van der Waals surface area contributed by atoms with Crippen molar-refractivity contribution in [3.8, 4) is 0 Å². The molecule has 0 aliphatic heterocycles. The molecule has 0 spiro atoms. The van der Waals surface area contributed by atoms with Gasteiger partial charge >= 0.3 is 0 Å². The number of aryl methyl sites for hydroxylation is 1. The quantitative estimate of drug-likeness (QED) is 0.619. The largest absolute Gasteiger partial charge is 0.425 e. The molecule has 1 N–H and O–H groups in total. The molecule has 0 atom stereocenters. The van der Waals surface area contributed by atoms with E-state index in [0.717, 1.165) is 5.56 Å². The van der Waals surface area contributed by atoms with Crippen LogP contribution in [0.15, 0.2) is 16.9 Å². The number of nitrogens with zero attached hydrogens (tertiary/aromatic N) is 1. The lowest BCUT2D eigenvalue weighted by atomic mass is 9.91. The molecule has 1 heterocycles. The summed E-state index contributed by atoms with van der Waals surface area (Å²) in [5.74, 6) is 0. The average molecular weight is 181 g/mol. The third kappa shape index (κ3) is 1.91. The van der Waals surface area contributed by atoms with Crippen molar-refractivity contribution in [3.63, 3.8) is 0 Å². The van der Waals surface area contributed by atoms with Crippen LogP contribution in [0.2, 0.25) is 0 Å². The first-order valence-corrected chi connectivity index (χ1v) is 4.26. The monoisotopic (exact) mass is 181 g/mol. The van der Waals surface area contributed by atoms with Crippen LogP contribution in [0.5, 0.6) is 0 Å². The molecule has 0 amide bonds. The average Bonchev–Trinajstić information content (AvgIpc) is 1.94. The number of rotatable bonds is 0. The second-order valence-electron chi connectivity index (χ2n) is 4.32. The van der Waals surface area contributed by atoms with E-state index in [0.29, 0.717) is 10.4 Å². The molecular formula is C10H15NO2. The van der Waals surface area contributed by atoms with Gasteiger partial charge in [0.1, 0.15) is 0 Å². The van der Waals surface area contributed by atoms with Crippen LogP contribution in [0.1, 0.15) is 32.0 Å². The van der Waals surface area contributed by atoms with Crippen molar-refractivity contribution in [1.29, 1.82) is 0 Å². The van der Waals surface area contributed by atoms with Gasteiger partial charge in [-0.05, 0) is 18.6 Å². The van der Waals surface area contributed by atoms with Gasteiger partial charge < -0.3 is 5.21 Å². The lowest BCUT2D eigenvalue weighted by Gasteiger charge is -2.20. The zero-order chi connectivity index (χ0) is 10.2. The van der Waals surface area contributed by atoms with Crippen molar-refractivity contribution in [1.82, 2.24) is 4.73 Å². The topological polar surface area (TPSA) is 42.2 Å². The van der Waals surface area contributed by atoms with Crippen molar-refractivity contribution < 1.29 is 5.21 Å². The first-order chi connectivity index (χ1) is 5.82. The van der Waals surface area contributed by atoms with Gasteiger partial charge in [-0.1, -0.05) is 20.8 Å². The predicted molar refractivity (Wildman–Crippen MR) is 51.3 cm³/mol. The van der Waals surface area contributed by atoms with Crippen molar-refractivity contribution in [2.24, 2.45) is 0 Å². The number of hydrogen-bond donors (Lipinski definition) is 1. The van der Waals surface area contributed by atoms with E-state index in [1.165, 1.54) is 6.07 Å². The molecule has 0 saturated carbocycles. The van der Waals surface area contributed by atoms with E-state index in [2.05, 4.69) is 0 Å². The van der Waals surface area contributed by atoms with Gasteiger partial charge in [0.25, 0.3) is 5.56 Å². The Morgan fingerprint density at radius 2 is 1.85 bits per heavy atom. The van der Waals surface area contributed by atoms with Crippen LogP contribution >= 0.6 is 0 Å². The Morgan fingerprint density at radius 1 is 1.31 bits per heavy atom. The van der Waals surface area contributed by atoms with E-state index in [1.54, 1.807) is 0 Å². The number of hydrogen-bond acceptors (Lipinski definition) is 2. The zero-order valence-corrected chi connectivity index (χ0v) is 8.46. The van der Waals surface area contributed by atoms with E-state index in [1.807, 2.05) is 33.8 Å². The fourth-order valence-electron chi connectivity index (χ4n) is 1.23. The summed E-state index contributed by atoms with van der Waals surface area (Å²) in [4.78, 5) is 11.2. The van der Waals surface area contributed by atoms with Crippen LogP contribution in [0.3, 0.4) is 0 Å². The smallest absolute Gasteiger partial charge is 0.283 e. The first-order valence-electron chi connectivity index (χ1n) is 4.26. The molecule has 3 nitrogen and oxygen atoms in total. The van der Waals surface area contributed by atoms with Gasteiger partial charge in [0.2, 0.25) is 0 Å². The Hall–Kier alpha value is -1.25. The molecule has 13 heavy (non-hydrogen) atoms. The van der Waals surface area contributed by atoms with Gasteiger partial charge in [-0.2, -0.15) is 4.73 Å². The Morgan fingerprint density at radius 3 is 2.31 bits per heavy atom. The number of pyridine rings is 1. The molecule has 0 radical (unpaired) electrons. The SMILES string of the molecule is Cc1cc(C(C)(C)C)n(O)c(=O)c1. The summed E-state index contributed by atoms with van der Waals surface area (Å²) < 4.78 is 0.715. The van der Waals surface area contributed by atoms with Crippen molar-refractivity contribution in [2.75, 3.05) is 0 Å². The minimum Gasteiger partial charge on any atom is -0.425 e. The maximum Gasteiger partial charge on any atom is 0.283 e. The van der Waals surface area contributed by atoms with E-state index in [4.69, 9.17) is 0 Å². The molecule has 1 aromatic heterocycles. The Bertz CT molecular complexity index is 371. The summed E-state index contributed by atoms with van der Waals surface area (Å²) in [6, 6.07) is 3.23. The highest BCUT2D eigenvalue weighted by Crippen LogP contribution is 2.20. The van der Waals surface area contributed by atoms with Crippen molar-refractivity contribution in [3.05, 3.63) is 33.7 Å². The highest BCUT2D eigenvalue weighted by molar-refractivity contribution is 5.20. The molecular weight excluding hydrogens is 166 g/mol. The Balaban J connectivity index is 3.46. The van der Waals surface area contributed by atoms with E-state index in [9.17, 15) is 10.0 Å². The molecule has 3 heteroatoms. The third-order valence-electron chi connectivity index (χ3n) is 1.92. The molecule has 0 aromatic carbocycles. The van der Waals surface area contributed by atoms with Crippen molar-refractivity contribution in [2.45, 2.75) is 33.1 Å². The fourth-order valence-corrected chi connectivity index (χ4v) is 1.23. The summed E-state index contributed by atoms with van der Waals surface area (Å²) in [7, 11) is 0. The van der Waals surface area contributed by atoms with E-state index < -0.39 is 0 Å². The van der Waals surface area contributed by atoms with Crippen LogP contribution in [-0.2, 0) is 5.41 Å². The molecule has 0 fully saturated rings. The molecule has 0 unspecified atom stereocenters. The third-order valence-corrected chi connectivity index (χ3v) is 1.92. The summed E-state index contributed by atoms with van der Waals surface area (Å²) in [5, 5.41) is 9.46. The van der Waals surface area contributed by atoms with Crippen molar-refractivity contribution >= 4 is 0 Å². The summed E-state index contributed by atoms with van der Waals surface area (Å²) in [5.41, 5.74) is 0.919. The molecule has 0 bridgehead atoms. The summed E-state index contributed by atoms with van der Waals surface area (Å²) >= 11 is 0. The van der Waals surface area contributed by atoms with Gasteiger partial charge in [-0.25, -0.2) is 0 Å². The van der Waals surface area contributed by atoms with E-state index in [-0.39, 0.29) is 11.0 Å². The van der Waals surface area contributed by atoms with Crippen LogP contribution in [0, 0.1) is 6.92 Å². The lowest BCUT2D eigenvalue weighted by molar-refractivity contribution is 0.154. The number of aromatic nitrogens is 1. The molecule has 0 aliphatic rings. The second kappa shape index (κ2) is 2.91. The molecule has 0 saturated heterocycles. The fraction of sp³-hybridized carbons (Fsp3) is 0.500. The zero-order valence-electron chi connectivity index (χ0n) is 8.46. The Kier molecular flexibility index (Phi) is 2.20. The molecule has 72 valence electrons. The van der Waals surface area contributed by atoms with Gasteiger partial charge in [0.15, 0.2) is 0 Å². The second-order valence-corrected chi connectivity index (χ2v) is 4.32. The maximum atomic E-state index is 11.2. The van der Waals surface area contributed by atoms with Gasteiger partial charge in [-0.3, -0.25) is 4.79 Å². The minimum absolute atomic E-state index is 0.222. The van der Waals surface area contributed by atoms with Crippen LogP contribution < -0.4 is 5.56 Å². The minimum atomic E-state index is -0.370. The van der Waals surface area contributed by atoms with Gasteiger partial charge in [0, 0.05) is 11.5 Å². The van der Waals surface area contributed by atoms with E-state index >= 15 is 0 Å². The first kappa shape index (κ1) is 9.84. The summed E-state index contributed by atoms with van der Waals surface area (Å²) in [6.07, 6.45) is 0. The maximum absolute atomic E-state index is 11.2. The standard InChI is InChI=1S/C10H15NO2/c1-7-5-8(10(2,3)4)11(13)9(12)6-7/h5-6,13H,1-4H3. The molecule has 0 aliphatic carbocycles. The highest BCUT2D eigenvalue weighted by atomic mass is 16.5. The predicted octanol–water partition coefficient (Wildman–Crippen LogP) is 1.69. The Labute approximate surface area is 77.6 Å².